The Morgan fingerprint density at radius 2 is 1.50 bits per heavy atom. The molecule has 7 nitrogen and oxygen atoms in total. The van der Waals surface area contributed by atoms with Crippen LogP contribution in [0.25, 0.3) is 0 Å². The second kappa shape index (κ2) is 6.07. The number of hydrogen-bond donors (Lipinski definition) is 5. The Morgan fingerprint density at radius 1 is 0.900 bits per heavy atom. The minimum absolute atomic E-state index is 0.0174. The molecule has 0 spiro atoms. The molecular weight excluding hydrogens is 388 g/mol. The van der Waals surface area contributed by atoms with E-state index in [9.17, 15) is 25.5 Å². The fourth-order valence-corrected chi connectivity index (χ4v) is 7.38. The van der Waals surface area contributed by atoms with E-state index < -0.39 is 57.7 Å². The van der Waals surface area contributed by atoms with Crippen molar-refractivity contribution in [1.29, 1.82) is 0 Å². The SMILES string of the molecule is C=C1CC[C@@H]2OC(C)(C)O[C@@H]3[C@H](O)[C@]4(O)C(C)(C)[C@@](O)(CC[C@@]4(C)O)[C@@H](O)[C@H]1[C@@]23C. The first-order valence-electron chi connectivity index (χ1n) is 11.0. The van der Waals surface area contributed by atoms with Crippen LogP contribution in [0.1, 0.15) is 67.2 Å². The number of ether oxygens (including phenoxy) is 2. The highest BCUT2D eigenvalue weighted by atomic mass is 16.7. The van der Waals surface area contributed by atoms with E-state index >= 15 is 0 Å². The van der Waals surface area contributed by atoms with Crippen molar-refractivity contribution in [3.8, 4) is 0 Å². The second-order valence-electron chi connectivity index (χ2n) is 11.6. The van der Waals surface area contributed by atoms with Gasteiger partial charge < -0.3 is 35.0 Å². The molecule has 2 bridgehead atoms. The molecule has 5 N–H and O–H groups in total. The maximum atomic E-state index is 12.1. The summed E-state index contributed by atoms with van der Waals surface area (Å²) < 4.78 is 12.5. The topological polar surface area (TPSA) is 120 Å². The van der Waals surface area contributed by atoms with Crippen molar-refractivity contribution in [2.45, 2.75) is 114 Å². The lowest BCUT2D eigenvalue weighted by Gasteiger charge is -2.71. The highest BCUT2D eigenvalue weighted by Gasteiger charge is 2.78. The van der Waals surface area contributed by atoms with Crippen LogP contribution in [0.5, 0.6) is 0 Å². The summed E-state index contributed by atoms with van der Waals surface area (Å²) in [7, 11) is 0. The van der Waals surface area contributed by atoms with Gasteiger partial charge in [-0.1, -0.05) is 32.9 Å². The first-order valence-corrected chi connectivity index (χ1v) is 11.0. The summed E-state index contributed by atoms with van der Waals surface area (Å²) in [6.45, 7) is 14.3. The molecule has 0 aromatic heterocycles. The molecule has 3 aliphatic carbocycles. The van der Waals surface area contributed by atoms with Gasteiger partial charge in [-0.15, -0.1) is 0 Å². The lowest BCUT2D eigenvalue weighted by molar-refractivity contribution is -0.421. The molecule has 0 aromatic carbocycles. The monoisotopic (exact) mass is 426 g/mol. The highest BCUT2D eigenvalue weighted by molar-refractivity contribution is 5.31. The predicted molar refractivity (Wildman–Crippen MR) is 109 cm³/mol. The quantitative estimate of drug-likeness (QED) is 0.370. The van der Waals surface area contributed by atoms with E-state index in [1.807, 2.05) is 6.92 Å². The summed E-state index contributed by atoms with van der Waals surface area (Å²) in [5.41, 5.74) is -7.27. The first kappa shape index (κ1) is 22.6. The van der Waals surface area contributed by atoms with E-state index in [0.29, 0.717) is 12.8 Å². The number of aliphatic hydroxyl groups is 5. The molecule has 30 heavy (non-hydrogen) atoms. The van der Waals surface area contributed by atoms with Crippen molar-refractivity contribution in [2.24, 2.45) is 16.7 Å². The third-order valence-corrected chi connectivity index (χ3v) is 9.35. The lowest BCUT2D eigenvalue weighted by atomic mass is 9.42. The van der Waals surface area contributed by atoms with E-state index in [1.54, 1.807) is 27.7 Å². The fraction of sp³-hybridized carbons (Fsp3) is 0.913. The second-order valence-corrected chi connectivity index (χ2v) is 11.6. The van der Waals surface area contributed by atoms with Gasteiger partial charge in [0.05, 0.1) is 29.5 Å². The summed E-state index contributed by atoms with van der Waals surface area (Å²) in [6, 6.07) is 0. The fourth-order valence-electron chi connectivity index (χ4n) is 7.38. The van der Waals surface area contributed by atoms with Crippen molar-refractivity contribution in [3.05, 3.63) is 12.2 Å². The molecule has 9 atom stereocenters. The summed E-state index contributed by atoms with van der Waals surface area (Å²) in [5, 5.41) is 58.8. The van der Waals surface area contributed by atoms with E-state index in [2.05, 4.69) is 6.58 Å². The predicted octanol–water partition coefficient (Wildman–Crippen LogP) is 1.25. The van der Waals surface area contributed by atoms with Crippen LogP contribution in [0, 0.1) is 16.7 Å². The molecule has 7 heteroatoms. The van der Waals surface area contributed by atoms with Crippen molar-refractivity contribution in [2.75, 3.05) is 0 Å². The number of fused-ring (bicyclic) bond motifs is 2. The zero-order valence-corrected chi connectivity index (χ0v) is 19.0. The number of hydrogen-bond acceptors (Lipinski definition) is 7. The van der Waals surface area contributed by atoms with Crippen LogP contribution in [0.15, 0.2) is 12.2 Å². The minimum atomic E-state index is -2.15. The van der Waals surface area contributed by atoms with Gasteiger partial charge in [0.15, 0.2) is 5.79 Å². The van der Waals surface area contributed by atoms with Crippen LogP contribution in [0.3, 0.4) is 0 Å². The minimum Gasteiger partial charge on any atom is -0.389 e. The number of rotatable bonds is 0. The van der Waals surface area contributed by atoms with Gasteiger partial charge in [0.1, 0.15) is 11.7 Å². The maximum absolute atomic E-state index is 12.1. The van der Waals surface area contributed by atoms with Crippen LogP contribution >= 0.6 is 0 Å². The Balaban J connectivity index is 2.03. The largest absolute Gasteiger partial charge is 0.389 e. The Labute approximate surface area is 178 Å². The molecule has 4 fully saturated rings. The van der Waals surface area contributed by atoms with Gasteiger partial charge in [-0.05, 0) is 46.5 Å². The highest BCUT2D eigenvalue weighted by Crippen LogP contribution is 2.66. The van der Waals surface area contributed by atoms with Gasteiger partial charge in [-0.3, -0.25) is 0 Å². The van der Waals surface area contributed by atoms with Crippen LogP contribution in [-0.4, -0.2) is 72.5 Å². The molecule has 3 saturated carbocycles. The molecular formula is C23H38O7. The van der Waals surface area contributed by atoms with Gasteiger partial charge in [-0.25, -0.2) is 0 Å². The van der Waals surface area contributed by atoms with Crippen molar-refractivity contribution in [1.82, 2.24) is 0 Å². The molecule has 0 radical (unpaired) electrons. The summed E-state index contributed by atoms with van der Waals surface area (Å²) in [6.07, 6.45) is -2.81. The Hall–Kier alpha value is -0.540. The van der Waals surface area contributed by atoms with Gasteiger partial charge in [0.2, 0.25) is 0 Å². The lowest BCUT2D eigenvalue weighted by Crippen LogP contribution is -2.84. The van der Waals surface area contributed by atoms with E-state index in [0.717, 1.165) is 5.57 Å². The first-order chi connectivity index (χ1) is 13.5. The van der Waals surface area contributed by atoms with E-state index in [1.165, 1.54) is 6.92 Å². The van der Waals surface area contributed by atoms with Crippen LogP contribution in [0.2, 0.25) is 0 Å². The normalized spacial score (nSPS) is 57.2. The molecule has 172 valence electrons. The molecule has 1 heterocycles. The Morgan fingerprint density at radius 3 is 2.10 bits per heavy atom. The molecule has 0 aromatic rings. The van der Waals surface area contributed by atoms with Gasteiger partial charge in [-0.2, -0.15) is 0 Å². The molecule has 4 rings (SSSR count). The molecule has 0 unspecified atom stereocenters. The Bertz CT molecular complexity index is 761. The number of aliphatic hydroxyl groups excluding tert-OH is 2. The molecule has 1 aliphatic heterocycles. The smallest absolute Gasteiger partial charge is 0.163 e. The van der Waals surface area contributed by atoms with E-state index in [-0.39, 0.29) is 18.9 Å². The van der Waals surface area contributed by atoms with Gasteiger partial charge in [0, 0.05) is 16.7 Å². The maximum Gasteiger partial charge on any atom is 0.163 e. The summed E-state index contributed by atoms with van der Waals surface area (Å²) >= 11 is 0. The summed E-state index contributed by atoms with van der Waals surface area (Å²) in [5.74, 6) is -1.63. The zero-order valence-electron chi connectivity index (χ0n) is 19.0. The third kappa shape index (κ3) is 2.35. The van der Waals surface area contributed by atoms with Crippen LogP contribution in [-0.2, 0) is 9.47 Å². The molecule has 4 aliphatic rings. The summed E-state index contributed by atoms with van der Waals surface area (Å²) in [4.78, 5) is 0. The van der Waals surface area contributed by atoms with Crippen molar-refractivity contribution < 1.29 is 35.0 Å². The van der Waals surface area contributed by atoms with Crippen molar-refractivity contribution >= 4 is 0 Å². The standard InChI is InChI=1S/C23H38O7/c1-12-8-9-13-21(7)14(12)15(24)22(27)11-10-20(6,26)23(28,18(22,2)3)16(25)17(21)30-19(4,5)29-13/h13-17,24-28H,1,8-11H2,2-7H3/t13-,14-,15-,16-,17+,20+,21+,22+,23-/m0/s1. The van der Waals surface area contributed by atoms with Gasteiger partial charge >= 0.3 is 0 Å². The average molecular weight is 427 g/mol. The van der Waals surface area contributed by atoms with Crippen LogP contribution in [0.4, 0.5) is 0 Å². The van der Waals surface area contributed by atoms with Crippen LogP contribution < -0.4 is 0 Å². The average Bonchev–Trinajstić information content (AvgIpc) is 2.62. The third-order valence-electron chi connectivity index (χ3n) is 9.35. The zero-order chi connectivity index (χ0) is 22.7. The molecule has 0 amide bonds. The van der Waals surface area contributed by atoms with Gasteiger partial charge in [0.25, 0.3) is 0 Å². The van der Waals surface area contributed by atoms with Crippen molar-refractivity contribution in [3.63, 3.8) is 0 Å². The Kier molecular flexibility index (Phi) is 4.58. The van der Waals surface area contributed by atoms with E-state index in [4.69, 9.17) is 9.47 Å². The molecule has 1 saturated heterocycles.